The van der Waals surface area contributed by atoms with Gasteiger partial charge in [-0.1, -0.05) is 34.6 Å². The van der Waals surface area contributed by atoms with Crippen molar-refractivity contribution in [3.63, 3.8) is 0 Å². The summed E-state index contributed by atoms with van der Waals surface area (Å²) < 4.78 is 0. The summed E-state index contributed by atoms with van der Waals surface area (Å²) in [5.74, 6) is 1.56. The maximum Gasteiger partial charge on any atom is 0.220 e. The van der Waals surface area contributed by atoms with Gasteiger partial charge in [-0.25, -0.2) is 0 Å². The van der Waals surface area contributed by atoms with Gasteiger partial charge in [0.25, 0.3) is 0 Å². The van der Waals surface area contributed by atoms with Crippen molar-refractivity contribution >= 4 is 5.91 Å². The van der Waals surface area contributed by atoms with Gasteiger partial charge in [0.2, 0.25) is 5.91 Å². The van der Waals surface area contributed by atoms with Crippen LogP contribution in [0.1, 0.15) is 79.6 Å². The van der Waals surface area contributed by atoms with Crippen LogP contribution in [0.2, 0.25) is 0 Å². The molecule has 2 fully saturated rings. The average molecular weight is 309 g/mol. The van der Waals surface area contributed by atoms with Crippen LogP contribution in [0, 0.1) is 17.3 Å². The van der Waals surface area contributed by atoms with E-state index in [4.69, 9.17) is 0 Å². The standard InChI is InChI=1S/C19H36N2O/c1-13(2)6-9-17(19(3,4)5)21-18(22)12-14-10-15-7-8-16(11-14)20-15/h13-17,20H,6-12H2,1-5H3,(H,21,22). The normalized spacial score (nSPS) is 29.6. The molecule has 0 spiro atoms. The molecule has 3 heteroatoms. The molecular formula is C19H36N2O. The molecule has 0 aliphatic carbocycles. The van der Waals surface area contributed by atoms with Crippen molar-refractivity contribution < 1.29 is 4.79 Å². The first-order chi connectivity index (χ1) is 10.2. The lowest BCUT2D eigenvalue weighted by atomic mass is 9.82. The number of carbonyl (C=O) groups excluding carboxylic acids is 1. The van der Waals surface area contributed by atoms with Crippen LogP contribution in [-0.2, 0) is 4.79 Å². The largest absolute Gasteiger partial charge is 0.353 e. The number of hydrogen-bond acceptors (Lipinski definition) is 2. The molecule has 2 aliphatic rings. The Balaban J connectivity index is 1.82. The number of fused-ring (bicyclic) bond motifs is 2. The maximum absolute atomic E-state index is 12.5. The van der Waals surface area contributed by atoms with Gasteiger partial charge in [-0.05, 0) is 55.8 Å². The molecule has 0 aromatic heterocycles. The zero-order valence-electron chi connectivity index (χ0n) is 15.2. The highest BCUT2D eigenvalue weighted by Crippen LogP contribution is 2.33. The fourth-order valence-corrected chi connectivity index (χ4v) is 4.08. The minimum absolute atomic E-state index is 0.137. The summed E-state index contributed by atoms with van der Waals surface area (Å²) >= 11 is 0. The van der Waals surface area contributed by atoms with E-state index in [1.807, 2.05) is 0 Å². The topological polar surface area (TPSA) is 41.1 Å². The number of amides is 1. The molecule has 2 N–H and O–H groups in total. The Morgan fingerprint density at radius 2 is 1.73 bits per heavy atom. The summed E-state index contributed by atoms with van der Waals surface area (Å²) in [7, 11) is 0. The molecule has 22 heavy (non-hydrogen) atoms. The molecule has 2 saturated heterocycles. The molecule has 0 aromatic carbocycles. The van der Waals surface area contributed by atoms with E-state index in [1.165, 1.54) is 32.1 Å². The maximum atomic E-state index is 12.5. The van der Waals surface area contributed by atoms with Crippen LogP contribution < -0.4 is 10.6 Å². The van der Waals surface area contributed by atoms with Gasteiger partial charge < -0.3 is 10.6 Å². The zero-order chi connectivity index (χ0) is 16.3. The SMILES string of the molecule is CC(C)CCC(NC(=O)CC1CC2CCC(C1)N2)C(C)(C)C. The molecule has 2 bridgehead atoms. The summed E-state index contributed by atoms with van der Waals surface area (Å²) in [5, 5.41) is 7.01. The fourth-order valence-electron chi connectivity index (χ4n) is 4.08. The van der Waals surface area contributed by atoms with Gasteiger partial charge in [0, 0.05) is 24.5 Å². The van der Waals surface area contributed by atoms with E-state index in [0.29, 0.717) is 30.0 Å². The highest BCUT2D eigenvalue weighted by Gasteiger charge is 2.35. The molecular weight excluding hydrogens is 272 g/mol. The van der Waals surface area contributed by atoms with E-state index in [0.717, 1.165) is 12.8 Å². The quantitative estimate of drug-likeness (QED) is 0.782. The van der Waals surface area contributed by atoms with Crippen molar-refractivity contribution in [3.8, 4) is 0 Å². The van der Waals surface area contributed by atoms with E-state index in [9.17, 15) is 4.79 Å². The van der Waals surface area contributed by atoms with Crippen molar-refractivity contribution in [1.82, 2.24) is 10.6 Å². The molecule has 2 heterocycles. The Morgan fingerprint density at radius 3 is 2.23 bits per heavy atom. The molecule has 3 unspecified atom stereocenters. The van der Waals surface area contributed by atoms with Gasteiger partial charge in [-0.2, -0.15) is 0 Å². The van der Waals surface area contributed by atoms with E-state index in [1.54, 1.807) is 0 Å². The van der Waals surface area contributed by atoms with Gasteiger partial charge >= 0.3 is 0 Å². The first-order valence-corrected chi connectivity index (χ1v) is 9.29. The van der Waals surface area contributed by atoms with Gasteiger partial charge in [0.05, 0.1) is 0 Å². The van der Waals surface area contributed by atoms with E-state index < -0.39 is 0 Å². The average Bonchev–Trinajstić information content (AvgIpc) is 2.72. The first-order valence-electron chi connectivity index (χ1n) is 9.29. The van der Waals surface area contributed by atoms with Crippen molar-refractivity contribution in [2.75, 3.05) is 0 Å². The van der Waals surface area contributed by atoms with Crippen LogP contribution in [-0.4, -0.2) is 24.0 Å². The molecule has 0 aromatic rings. The van der Waals surface area contributed by atoms with Crippen LogP contribution in [0.15, 0.2) is 0 Å². The van der Waals surface area contributed by atoms with Crippen LogP contribution in [0.25, 0.3) is 0 Å². The Bertz CT molecular complexity index is 360. The van der Waals surface area contributed by atoms with Crippen LogP contribution in [0.3, 0.4) is 0 Å². The number of carbonyl (C=O) groups is 1. The minimum atomic E-state index is 0.137. The van der Waals surface area contributed by atoms with Crippen molar-refractivity contribution in [2.45, 2.75) is 97.7 Å². The molecule has 3 nitrogen and oxygen atoms in total. The molecule has 3 atom stereocenters. The predicted molar refractivity (Wildman–Crippen MR) is 92.7 cm³/mol. The van der Waals surface area contributed by atoms with Gasteiger partial charge in [-0.3, -0.25) is 4.79 Å². The predicted octanol–water partition coefficient (Wildman–Crippen LogP) is 3.87. The van der Waals surface area contributed by atoms with Gasteiger partial charge in [0.1, 0.15) is 0 Å². The molecule has 128 valence electrons. The second kappa shape index (κ2) is 7.33. The number of piperidine rings is 1. The zero-order valence-corrected chi connectivity index (χ0v) is 15.2. The lowest BCUT2D eigenvalue weighted by Gasteiger charge is -2.34. The molecule has 0 radical (unpaired) electrons. The van der Waals surface area contributed by atoms with E-state index >= 15 is 0 Å². The summed E-state index contributed by atoms with van der Waals surface area (Å²) in [6.45, 7) is 11.2. The minimum Gasteiger partial charge on any atom is -0.353 e. The Morgan fingerprint density at radius 1 is 1.14 bits per heavy atom. The van der Waals surface area contributed by atoms with E-state index in [2.05, 4.69) is 45.3 Å². The second-order valence-corrected chi connectivity index (χ2v) is 9.14. The first kappa shape index (κ1) is 17.8. The third-order valence-corrected chi connectivity index (χ3v) is 5.46. The van der Waals surface area contributed by atoms with E-state index in [-0.39, 0.29) is 11.3 Å². The van der Waals surface area contributed by atoms with Gasteiger partial charge in [0.15, 0.2) is 0 Å². The van der Waals surface area contributed by atoms with Crippen LogP contribution >= 0.6 is 0 Å². The summed E-state index contributed by atoms with van der Waals surface area (Å²) in [4.78, 5) is 12.5. The monoisotopic (exact) mass is 308 g/mol. The third-order valence-electron chi connectivity index (χ3n) is 5.46. The summed E-state index contributed by atoms with van der Waals surface area (Å²) in [6.07, 6.45) is 7.99. The number of nitrogens with one attached hydrogen (secondary N) is 2. The number of hydrogen-bond donors (Lipinski definition) is 2. The molecule has 2 aliphatic heterocycles. The molecule has 2 rings (SSSR count). The fraction of sp³-hybridized carbons (Fsp3) is 0.947. The lowest BCUT2D eigenvalue weighted by molar-refractivity contribution is -0.123. The highest BCUT2D eigenvalue weighted by atomic mass is 16.1. The Kier molecular flexibility index (Phi) is 5.93. The summed E-state index contributed by atoms with van der Waals surface area (Å²) in [5.41, 5.74) is 0.137. The van der Waals surface area contributed by atoms with Crippen molar-refractivity contribution in [1.29, 1.82) is 0 Å². The van der Waals surface area contributed by atoms with Crippen LogP contribution in [0.4, 0.5) is 0 Å². The van der Waals surface area contributed by atoms with Crippen LogP contribution in [0.5, 0.6) is 0 Å². The smallest absolute Gasteiger partial charge is 0.220 e. The molecule has 0 saturated carbocycles. The third kappa shape index (κ3) is 5.26. The lowest BCUT2D eigenvalue weighted by Crippen LogP contribution is -2.45. The summed E-state index contributed by atoms with van der Waals surface area (Å²) in [6, 6.07) is 1.65. The Labute approximate surface area is 137 Å². The van der Waals surface area contributed by atoms with Crippen molar-refractivity contribution in [2.24, 2.45) is 17.3 Å². The van der Waals surface area contributed by atoms with Gasteiger partial charge in [-0.15, -0.1) is 0 Å². The van der Waals surface area contributed by atoms with Crippen molar-refractivity contribution in [3.05, 3.63) is 0 Å². The highest BCUT2D eigenvalue weighted by molar-refractivity contribution is 5.76. The number of rotatable bonds is 6. The Hall–Kier alpha value is -0.570. The second-order valence-electron chi connectivity index (χ2n) is 9.14. The molecule has 1 amide bonds.